The Bertz CT molecular complexity index is 90.1. The van der Waals surface area contributed by atoms with E-state index in [-0.39, 0.29) is 18.9 Å². The van der Waals surface area contributed by atoms with Crippen molar-refractivity contribution in [2.75, 3.05) is 6.54 Å². The second-order valence-corrected chi connectivity index (χ2v) is 3.75. The first-order valence-corrected chi connectivity index (χ1v) is 4.70. The van der Waals surface area contributed by atoms with Gasteiger partial charge in [0.25, 0.3) is 0 Å². The third-order valence-electron chi connectivity index (χ3n) is 3.07. The number of fused-ring (bicyclic) bond motifs is 1. The zero-order chi connectivity index (χ0) is 6.81. The van der Waals surface area contributed by atoms with Gasteiger partial charge in [0.1, 0.15) is 0 Å². The van der Waals surface area contributed by atoms with Crippen molar-refractivity contribution in [1.82, 2.24) is 5.32 Å². The summed E-state index contributed by atoms with van der Waals surface area (Å²) in [6.07, 6.45) is 8.82. The Kier molecular flexibility index (Phi) is 3.99. The summed E-state index contributed by atoms with van der Waals surface area (Å²) in [6.45, 7) is 1.28. The fourth-order valence-electron chi connectivity index (χ4n) is 2.47. The summed E-state index contributed by atoms with van der Waals surface area (Å²) in [5.74, 6) is 1.04. The molecule has 0 spiro atoms. The summed E-state index contributed by atoms with van der Waals surface area (Å²) in [5.41, 5.74) is 0. The van der Waals surface area contributed by atoms with Crippen LogP contribution in [0.15, 0.2) is 0 Å². The van der Waals surface area contributed by atoms with E-state index in [4.69, 9.17) is 0 Å². The fourth-order valence-corrected chi connectivity index (χ4v) is 2.47. The molecule has 0 aromatic carbocycles. The molecule has 1 nitrogen and oxygen atoms in total. The summed E-state index contributed by atoms with van der Waals surface area (Å²) >= 11 is 0. The third kappa shape index (κ3) is 2.24. The summed E-state index contributed by atoms with van der Waals surface area (Å²) in [6, 6.07) is 0.905. The molecule has 1 aliphatic carbocycles. The van der Waals surface area contributed by atoms with Crippen molar-refractivity contribution in [2.45, 2.75) is 44.6 Å². The Hall–Kier alpha value is 0.557. The van der Waals surface area contributed by atoms with Crippen molar-refractivity contribution < 1.29 is 0 Å². The van der Waals surface area contributed by atoms with Gasteiger partial charge < -0.3 is 5.32 Å². The van der Waals surface area contributed by atoms with Crippen LogP contribution < -0.4 is 5.32 Å². The number of nitrogens with one attached hydrogen (secondary N) is 1. The van der Waals surface area contributed by atoms with Crippen LogP contribution in [-0.2, 0) is 0 Å². The van der Waals surface area contributed by atoms with Gasteiger partial charge in [-0.1, -0.05) is 12.8 Å². The quantitative estimate of drug-likeness (QED) is 0.511. The zero-order valence-corrected chi connectivity index (χ0v) is 7.60. The van der Waals surface area contributed by atoms with Crippen molar-refractivity contribution in [3.05, 3.63) is 0 Å². The second-order valence-electron chi connectivity index (χ2n) is 3.75. The minimum atomic E-state index is 0. The van der Waals surface area contributed by atoms with Crippen LogP contribution in [-0.4, -0.2) is 31.4 Å². The first-order chi connectivity index (χ1) is 4.97. The van der Waals surface area contributed by atoms with Crippen LogP contribution in [0.5, 0.6) is 0 Å². The molecule has 1 radical (unpaired) electrons. The molecule has 2 atom stereocenters. The van der Waals surface area contributed by atoms with E-state index in [1.807, 2.05) is 0 Å². The number of hydrogen-bond acceptors (Lipinski definition) is 1. The molecule has 1 saturated heterocycles. The largest absolute Gasteiger partial charge is 0.314 e. The van der Waals surface area contributed by atoms with E-state index in [2.05, 4.69) is 5.32 Å². The molecule has 2 aliphatic rings. The van der Waals surface area contributed by atoms with Gasteiger partial charge >= 0.3 is 0 Å². The maximum absolute atomic E-state index is 3.62. The molecule has 1 heterocycles. The van der Waals surface area contributed by atoms with Crippen LogP contribution in [0.2, 0.25) is 0 Å². The van der Waals surface area contributed by atoms with E-state index >= 15 is 0 Å². The Morgan fingerprint density at radius 3 is 2.45 bits per heavy atom. The smallest absolute Gasteiger partial charge is 0.00953 e. The van der Waals surface area contributed by atoms with Gasteiger partial charge in [0.05, 0.1) is 0 Å². The molecular weight excluding hydrogens is 129 g/mol. The van der Waals surface area contributed by atoms with Crippen molar-refractivity contribution in [3.63, 3.8) is 0 Å². The monoisotopic (exact) mass is 146 g/mol. The van der Waals surface area contributed by atoms with Crippen molar-refractivity contribution in [1.29, 1.82) is 0 Å². The van der Waals surface area contributed by atoms with E-state index < -0.39 is 0 Å². The summed E-state index contributed by atoms with van der Waals surface area (Å²) < 4.78 is 0. The Morgan fingerprint density at radius 1 is 0.909 bits per heavy atom. The molecule has 2 heteroatoms. The van der Waals surface area contributed by atoms with Crippen molar-refractivity contribution in [3.8, 4) is 0 Å². The first kappa shape index (κ1) is 9.64. The molecule has 1 saturated carbocycles. The van der Waals surface area contributed by atoms with Gasteiger partial charge in [-0.25, -0.2) is 0 Å². The Balaban J connectivity index is 0.000000605. The molecule has 0 aromatic heterocycles. The molecule has 2 unspecified atom stereocenters. The van der Waals surface area contributed by atoms with Gasteiger partial charge in [-0.15, -0.1) is 0 Å². The summed E-state index contributed by atoms with van der Waals surface area (Å²) in [4.78, 5) is 0. The average Bonchev–Trinajstić information content (AvgIpc) is 2.05. The number of hydrogen-bond donors (Lipinski definition) is 1. The Labute approximate surface area is 81.5 Å². The predicted octanol–water partition coefficient (Wildman–Crippen LogP) is 1.55. The molecule has 2 rings (SSSR count). The van der Waals surface area contributed by atoms with Crippen LogP contribution in [0.25, 0.3) is 0 Å². The molecule has 1 N–H and O–H groups in total. The molecule has 0 bridgehead atoms. The zero-order valence-electron chi connectivity index (χ0n) is 7.60. The normalized spacial score (nSPS) is 37.1. The minimum Gasteiger partial charge on any atom is -0.314 e. The van der Waals surface area contributed by atoms with Gasteiger partial charge in [0, 0.05) is 24.9 Å². The molecule has 1 aliphatic heterocycles. The molecule has 0 amide bonds. The van der Waals surface area contributed by atoms with Gasteiger partial charge in [0.2, 0.25) is 0 Å². The van der Waals surface area contributed by atoms with Crippen molar-refractivity contribution >= 4 is 18.9 Å². The predicted molar refractivity (Wildman–Crippen MR) is 48.7 cm³/mol. The standard InChI is InChI=1S/C9H17N.Li/c1-2-6-9-8(4-1)5-3-7-10-9;/h8-10H,1-7H2;. The van der Waals surface area contributed by atoms with E-state index in [0.717, 1.165) is 12.0 Å². The van der Waals surface area contributed by atoms with Crippen LogP contribution in [0, 0.1) is 5.92 Å². The second kappa shape index (κ2) is 4.55. The summed E-state index contributed by atoms with van der Waals surface area (Å²) in [5, 5.41) is 3.62. The SMILES string of the molecule is C1CCC2NCCCC2C1.[Li]. The van der Waals surface area contributed by atoms with E-state index in [1.54, 1.807) is 0 Å². The molecule has 59 valence electrons. The van der Waals surface area contributed by atoms with E-state index in [9.17, 15) is 0 Å². The van der Waals surface area contributed by atoms with Gasteiger partial charge in [-0.2, -0.15) is 0 Å². The topological polar surface area (TPSA) is 12.0 Å². The Morgan fingerprint density at radius 2 is 1.64 bits per heavy atom. The molecule has 2 fully saturated rings. The molecular formula is C9H17LiN. The van der Waals surface area contributed by atoms with Crippen molar-refractivity contribution in [2.24, 2.45) is 5.92 Å². The van der Waals surface area contributed by atoms with Crippen LogP contribution in [0.3, 0.4) is 0 Å². The molecule has 0 aromatic rings. The summed E-state index contributed by atoms with van der Waals surface area (Å²) in [7, 11) is 0. The van der Waals surface area contributed by atoms with E-state index in [0.29, 0.717) is 0 Å². The van der Waals surface area contributed by atoms with Crippen LogP contribution in [0.1, 0.15) is 38.5 Å². The van der Waals surface area contributed by atoms with Gasteiger partial charge in [0.15, 0.2) is 0 Å². The maximum atomic E-state index is 3.62. The number of rotatable bonds is 0. The first-order valence-electron chi connectivity index (χ1n) is 4.70. The fraction of sp³-hybridized carbons (Fsp3) is 1.00. The van der Waals surface area contributed by atoms with Gasteiger partial charge in [-0.05, 0) is 38.1 Å². The van der Waals surface area contributed by atoms with Gasteiger partial charge in [-0.3, -0.25) is 0 Å². The third-order valence-corrected chi connectivity index (χ3v) is 3.07. The average molecular weight is 146 g/mol. The minimum absolute atomic E-state index is 0. The molecule has 11 heavy (non-hydrogen) atoms. The maximum Gasteiger partial charge on any atom is 0.00953 e. The van der Waals surface area contributed by atoms with E-state index in [1.165, 1.54) is 45.1 Å². The number of piperidine rings is 1. The van der Waals surface area contributed by atoms with Crippen LogP contribution in [0.4, 0.5) is 0 Å². The van der Waals surface area contributed by atoms with Crippen LogP contribution >= 0.6 is 0 Å².